The fourth-order valence-electron chi connectivity index (χ4n) is 3.45. The number of carboxylic acid groups (broad SMARTS) is 1. The van der Waals surface area contributed by atoms with Crippen molar-refractivity contribution in [2.24, 2.45) is 5.11 Å². The third-order valence-electron chi connectivity index (χ3n) is 4.11. The second-order valence-electron chi connectivity index (χ2n) is 5.77. The minimum Gasteiger partial charge on any atom is -0.481 e. The molecule has 2 rings (SSSR count). The third-order valence-corrected chi connectivity index (χ3v) is 4.36. The van der Waals surface area contributed by atoms with Crippen LogP contribution in [-0.2, 0) is 14.9 Å². The van der Waals surface area contributed by atoms with E-state index < -0.39 is 17.4 Å². The number of azide groups is 1. The monoisotopic (exact) mass is 323 g/mol. The van der Waals surface area contributed by atoms with Crippen LogP contribution in [0.25, 0.3) is 10.4 Å². The first-order valence-electron chi connectivity index (χ1n) is 7.07. The van der Waals surface area contributed by atoms with Crippen LogP contribution >= 0.6 is 11.6 Å². The molecule has 0 amide bonds. The van der Waals surface area contributed by atoms with Gasteiger partial charge in [0, 0.05) is 15.3 Å². The minimum atomic E-state index is -1.19. The smallest absolute Gasteiger partial charge is 0.313 e. The zero-order valence-corrected chi connectivity index (χ0v) is 13.2. The van der Waals surface area contributed by atoms with Gasteiger partial charge in [-0.25, -0.2) is 0 Å². The lowest BCUT2D eigenvalue weighted by atomic mass is 9.66. The van der Waals surface area contributed by atoms with Gasteiger partial charge in [-0.05, 0) is 49.9 Å². The molecule has 0 aliphatic carbocycles. The van der Waals surface area contributed by atoms with Gasteiger partial charge in [-0.15, -0.1) is 0 Å². The van der Waals surface area contributed by atoms with Gasteiger partial charge in [-0.1, -0.05) is 28.8 Å². The number of aliphatic carboxylic acids is 1. The molecule has 1 aliphatic heterocycles. The van der Waals surface area contributed by atoms with Gasteiger partial charge in [-0.2, -0.15) is 0 Å². The average Bonchev–Trinajstić information content (AvgIpc) is 2.43. The van der Waals surface area contributed by atoms with Crippen LogP contribution in [0.15, 0.2) is 29.4 Å². The van der Waals surface area contributed by atoms with Crippen molar-refractivity contribution >= 4 is 17.6 Å². The molecule has 1 aromatic rings. The summed E-state index contributed by atoms with van der Waals surface area (Å²) in [5, 5.41) is 13.7. The molecular formula is C15H18ClN3O3. The van der Waals surface area contributed by atoms with Crippen LogP contribution in [0.4, 0.5) is 0 Å². The van der Waals surface area contributed by atoms with Gasteiger partial charge >= 0.3 is 5.97 Å². The minimum absolute atomic E-state index is 0.129. The molecule has 1 heterocycles. The van der Waals surface area contributed by atoms with Crippen molar-refractivity contribution in [1.82, 2.24) is 0 Å². The van der Waals surface area contributed by atoms with E-state index in [1.54, 1.807) is 24.3 Å². The molecular weight excluding hydrogens is 306 g/mol. The molecule has 7 heteroatoms. The molecule has 6 nitrogen and oxygen atoms in total. The number of ether oxygens (including phenoxy) is 1. The maximum atomic E-state index is 11.7. The van der Waals surface area contributed by atoms with Gasteiger partial charge in [0.15, 0.2) is 0 Å². The highest BCUT2D eigenvalue weighted by atomic mass is 35.5. The van der Waals surface area contributed by atoms with Crippen molar-refractivity contribution in [2.75, 3.05) is 0 Å². The van der Waals surface area contributed by atoms with E-state index in [0.717, 1.165) is 5.56 Å². The van der Waals surface area contributed by atoms with Crippen LogP contribution < -0.4 is 0 Å². The highest BCUT2D eigenvalue weighted by molar-refractivity contribution is 6.30. The van der Waals surface area contributed by atoms with Crippen molar-refractivity contribution in [1.29, 1.82) is 0 Å². The number of halogens is 1. The summed E-state index contributed by atoms with van der Waals surface area (Å²) in [5.41, 5.74) is 8.79. The van der Waals surface area contributed by atoms with E-state index in [1.165, 1.54) is 0 Å². The topological polar surface area (TPSA) is 95.3 Å². The Morgan fingerprint density at radius 3 is 2.41 bits per heavy atom. The molecule has 0 spiro atoms. The van der Waals surface area contributed by atoms with E-state index in [4.69, 9.17) is 21.9 Å². The molecule has 1 fully saturated rings. The Balaban J connectivity index is 2.59. The van der Waals surface area contributed by atoms with E-state index in [2.05, 4.69) is 10.0 Å². The molecule has 0 aromatic heterocycles. The van der Waals surface area contributed by atoms with Crippen LogP contribution in [0.1, 0.15) is 32.3 Å². The van der Waals surface area contributed by atoms with E-state index in [0.29, 0.717) is 17.9 Å². The predicted octanol–water partition coefficient (Wildman–Crippen LogP) is 3.93. The van der Waals surface area contributed by atoms with Crippen LogP contribution in [-0.4, -0.2) is 29.3 Å². The second kappa shape index (κ2) is 6.57. The van der Waals surface area contributed by atoms with Crippen molar-refractivity contribution in [2.45, 2.75) is 50.4 Å². The lowest BCUT2D eigenvalue weighted by molar-refractivity contribution is -0.143. The van der Waals surface area contributed by atoms with Crippen molar-refractivity contribution in [3.05, 3.63) is 45.3 Å². The molecule has 1 N–H and O–H groups in total. The van der Waals surface area contributed by atoms with Gasteiger partial charge in [0.05, 0.1) is 12.2 Å². The molecule has 0 radical (unpaired) electrons. The molecule has 0 bridgehead atoms. The summed E-state index contributed by atoms with van der Waals surface area (Å²) in [7, 11) is 0. The Morgan fingerprint density at radius 2 is 1.95 bits per heavy atom. The largest absolute Gasteiger partial charge is 0.481 e. The van der Waals surface area contributed by atoms with Crippen molar-refractivity contribution < 1.29 is 14.6 Å². The summed E-state index contributed by atoms with van der Waals surface area (Å²) in [6.07, 6.45) is 0.675. The summed E-state index contributed by atoms with van der Waals surface area (Å²) >= 11 is 5.93. The number of carbonyl (C=O) groups is 1. The number of hydrogen-bond acceptors (Lipinski definition) is 3. The fraction of sp³-hybridized carbons (Fsp3) is 0.533. The molecule has 22 heavy (non-hydrogen) atoms. The summed E-state index contributed by atoms with van der Waals surface area (Å²) in [6.45, 7) is 3.80. The highest BCUT2D eigenvalue weighted by Gasteiger charge is 2.48. The first kappa shape index (κ1) is 16.6. The van der Waals surface area contributed by atoms with Crippen molar-refractivity contribution in [3.8, 4) is 0 Å². The molecule has 1 saturated heterocycles. The van der Waals surface area contributed by atoms with E-state index >= 15 is 0 Å². The number of hydrogen-bond donors (Lipinski definition) is 1. The quantitative estimate of drug-likeness (QED) is 0.516. The zero-order chi connectivity index (χ0) is 16.3. The summed E-state index contributed by atoms with van der Waals surface area (Å²) in [6, 6.07) is 5.86. The number of rotatable bonds is 4. The Hall–Kier alpha value is -1.75. The molecule has 118 valence electrons. The molecule has 1 aliphatic rings. The number of benzene rings is 1. The maximum absolute atomic E-state index is 11.7. The number of carboxylic acids is 1. The average molecular weight is 324 g/mol. The highest BCUT2D eigenvalue weighted by Crippen LogP contribution is 2.44. The van der Waals surface area contributed by atoms with Crippen molar-refractivity contribution in [3.63, 3.8) is 0 Å². The van der Waals surface area contributed by atoms with Crippen LogP contribution in [0.2, 0.25) is 5.02 Å². The van der Waals surface area contributed by atoms with Gasteiger partial charge in [0.25, 0.3) is 0 Å². The second-order valence-corrected chi connectivity index (χ2v) is 6.21. The number of nitrogens with zero attached hydrogens (tertiary/aromatic N) is 3. The zero-order valence-electron chi connectivity index (χ0n) is 12.4. The maximum Gasteiger partial charge on any atom is 0.313 e. The Labute approximate surface area is 133 Å². The molecule has 0 saturated carbocycles. The third kappa shape index (κ3) is 3.19. The Morgan fingerprint density at radius 1 is 1.41 bits per heavy atom. The first-order chi connectivity index (χ1) is 10.4. The van der Waals surface area contributed by atoms with E-state index in [-0.39, 0.29) is 12.2 Å². The molecule has 0 unspecified atom stereocenters. The standard InChI is InChI=1S/C15H18ClN3O3/c1-9-7-15(8-10(2)22-9,13(14(20)21)18-19-17)11-3-5-12(16)6-4-11/h3-6,9-10,13H,7-8H2,1-2H3,(H,20,21)/t9-,10+,13-,15+/m1/s1. The van der Waals surface area contributed by atoms with Gasteiger partial charge in [0.2, 0.25) is 0 Å². The van der Waals surface area contributed by atoms with Gasteiger partial charge in [-0.3, -0.25) is 4.79 Å². The van der Waals surface area contributed by atoms with Crippen LogP contribution in [0.5, 0.6) is 0 Å². The summed E-state index contributed by atoms with van der Waals surface area (Å²) in [5.74, 6) is -1.13. The van der Waals surface area contributed by atoms with Gasteiger partial charge < -0.3 is 9.84 Å². The Kier molecular flexibility index (Phi) is 4.96. The van der Waals surface area contributed by atoms with Gasteiger partial charge in [0.1, 0.15) is 6.04 Å². The lowest BCUT2D eigenvalue weighted by Gasteiger charge is -2.45. The van der Waals surface area contributed by atoms with Crippen LogP contribution in [0, 0.1) is 0 Å². The predicted molar refractivity (Wildman–Crippen MR) is 82.9 cm³/mol. The van der Waals surface area contributed by atoms with Crippen LogP contribution in [0.3, 0.4) is 0 Å². The summed E-state index contributed by atoms with van der Waals surface area (Å²) in [4.78, 5) is 14.5. The Bertz CT molecular complexity index is 587. The lowest BCUT2D eigenvalue weighted by Crippen LogP contribution is -2.51. The first-order valence-corrected chi connectivity index (χ1v) is 7.45. The molecule has 4 atom stereocenters. The van der Waals surface area contributed by atoms with E-state index in [9.17, 15) is 9.90 Å². The summed E-state index contributed by atoms with van der Waals surface area (Å²) < 4.78 is 5.74. The fourth-order valence-corrected chi connectivity index (χ4v) is 3.57. The normalized spacial score (nSPS) is 29.4. The SMILES string of the molecule is C[C@@H]1C[C@](c2ccc(Cl)cc2)([C@H](N=[N+]=[N-])C(=O)O)C[C@H](C)O1. The molecule has 1 aromatic carbocycles. The van der Waals surface area contributed by atoms with E-state index in [1.807, 2.05) is 13.8 Å².